The van der Waals surface area contributed by atoms with Crippen molar-refractivity contribution in [2.75, 3.05) is 0 Å². The quantitative estimate of drug-likeness (QED) is 0.588. The predicted molar refractivity (Wildman–Crippen MR) is 39.8 cm³/mol. The summed E-state index contributed by atoms with van der Waals surface area (Å²) in [4.78, 5) is 4.48. The normalized spacial score (nSPS) is 9.45. The van der Waals surface area contributed by atoms with Crippen LogP contribution in [0.5, 0.6) is 0 Å². The standard InChI is InChI=1S/C5H4N4O.ClH/c10-9-5-4(7-8-9)2-1-3-6-5;/h1-3,10H;1H. The van der Waals surface area contributed by atoms with Crippen LogP contribution in [0.25, 0.3) is 11.2 Å². The first kappa shape index (κ1) is 7.74. The number of hydrogen-bond acceptors (Lipinski definition) is 4. The van der Waals surface area contributed by atoms with E-state index in [-0.39, 0.29) is 12.4 Å². The predicted octanol–water partition coefficient (Wildman–Crippen LogP) is 0.485. The summed E-state index contributed by atoms with van der Waals surface area (Å²) in [5.41, 5.74) is 0.965. The van der Waals surface area contributed by atoms with Crippen LogP contribution >= 0.6 is 12.4 Å². The third-order valence-electron chi connectivity index (χ3n) is 1.19. The molecule has 0 bridgehead atoms. The molecule has 0 amide bonds. The molecule has 0 spiro atoms. The highest BCUT2D eigenvalue weighted by Gasteiger charge is 2.00. The summed E-state index contributed by atoms with van der Waals surface area (Å²) in [7, 11) is 0. The molecule has 0 aliphatic carbocycles. The molecular weight excluding hydrogens is 168 g/mol. The van der Waals surface area contributed by atoms with Crippen molar-refractivity contribution < 1.29 is 5.21 Å². The van der Waals surface area contributed by atoms with Crippen molar-refractivity contribution in [2.45, 2.75) is 0 Å². The van der Waals surface area contributed by atoms with E-state index in [1.54, 1.807) is 18.3 Å². The van der Waals surface area contributed by atoms with Crippen molar-refractivity contribution >= 4 is 23.6 Å². The minimum Gasteiger partial charge on any atom is -0.409 e. The van der Waals surface area contributed by atoms with Crippen LogP contribution in [0.2, 0.25) is 0 Å². The van der Waals surface area contributed by atoms with E-state index in [9.17, 15) is 0 Å². The first-order valence-corrected chi connectivity index (χ1v) is 2.73. The number of aromatic nitrogens is 4. The molecule has 0 aromatic carbocycles. The Bertz CT molecular complexity index is 360. The molecule has 0 aliphatic heterocycles. The van der Waals surface area contributed by atoms with Gasteiger partial charge in [-0.25, -0.2) is 4.98 Å². The SMILES string of the molecule is Cl.On1nnc2cccnc21. The second kappa shape index (κ2) is 2.71. The van der Waals surface area contributed by atoms with Gasteiger partial charge in [0.1, 0.15) is 5.52 Å². The van der Waals surface area contributed by atoms with Gasteiger partial charge in [-0.2, -0.15) is 0 Å². The molecule has 11 heavy (non-hydrogen) atoms. The minimum absolute atomic E-state index is 0. The maximum Gasteiger partial charge on any atom is 0.219 e. The summed E-state index contributed by atoms with van der Waals surface area (Å²) in [6, 6.07) is 3.46. The van der Waals surface area contributed by atoms with Crippen molar-refractivity contribution in [1.29, 1.82) is 0 Å². The van der Waals surface area contributed by atoms with Gasteiger partial charge < -0.3 is 5.21 Å². The maximum absolute atomic E-state index is 8.89. The fourth-order valence-corrected chi connectivity index (χ4v) is 0.754. The van der Waals surface area contributed by atoms with Gasteiger partial charge in [-0.15, -0.1) is 17.5 Å². The van der Waals surface area contributed by atoms with Gasteiger partial charge in [0.2, 0.25) is 5.65 Å². The molecule has 2 aromatic heterocycles. The van der Waals surface area contributed by atoms with Gasteiger partial charge in [0, 0.05) is 6.20 Å². The molecule has 1 N–H and O–H groups in total. The molecule has 0 saturated carbocycles. The molecule has 0 atom stereocenters. The van der Waals surface area contributed by atoms with Crippen LogP contribution in [-0.4, -0.2) is 25.3 Å². The molecule has 0 aliphatic rings. The Morgan fingerprint density at radius 3 is 3.00 bits per heavy atom. The molecule has 0 fully saturated rings. The van der Waals surface area contributed by atoms with Crippen molar-refractivity contribution in [3.05, 3.63) is 18.3 Å². The molecular formula is C5H5ClN4O. The average molecular weight is 173 g/mol. The van der Waals surface area contributed by atoms with Gasteiger partial charge in [-0.1, -0.05) is 4.85 Å². The second-order valence-electron chi connectivity index (χ2n) is 1.83. The lowest BCUT2D eigenvalue weighted by molar-refractivity contribution is 0.153. The van der Waals surface area contributed by atoms with Crippen molar-refractivity contribution in [1.82, 2.24) is 20.1 Å². The summed E-state index contributed by atoms with van der Waals surface area (Å²) in [5.74, 6) is 0. The van der Waals surface area contributed by atoms with E-state index in [1.165, 1.54) is 0 Å². The third-order valence-corrected chi connectivity index (χ3v) is 1.19. The molecule has 6 heteroatoms. The molecule has 0 saturated heterocycles. The van der Waals surface area contributed by atoms with Gasteiger partial charge in [0.25, 0.3) is 0 Å². The number of rotatable bonds is 0. The Labute approximate surface area is 68.0 Å². The third kappa shape index (κ3) is 1.10. The highest BCUT2D eigenvalue weighted by Crippen LogP contribution is 2.02. The number of fused-ring (bicyclic) bond motifs is 1. The van der Waals surface area contributed by atoms with Gasteiger partial charge >= 0.3 is 0 Å². The molecule has 2 rings (SSSR count). The number of halogens is 1. The van der Waals surface area contributed by atoms with Crippen LogP contribution < -0.4 is 0 Å². The van der Waals surface area contributed by atoms with Crippen LogP contribution in [0.15, 0.2) is 18.3 Å². The van der Waals surface area contributed by atoms with Crippen LogP contribution in [-0.2, 0) is 0 Å². The van der Waals surface area contributed by atoms with Crippen molar-refractivity contribution in [2.24, 2.45) is 0 Å². The van der Waals surface area contributed by atoms with E-state index < -0.39 is 0 Å². The van der Waals surface area contributed by atoms with Gasteiger partial charge in [0.15, 0.2) is 0 Å². The lowest BCUT2D eigenvalue weighted by Gasteiger charge is -1.85. The van der Waals surface area contributed by atoms with Crippen LogP contribution in [0, 0.1) is 0 Å². The molecule has 0 radical (unpaired) electrons. The smallest absolute Gasteiger partial charge is 0.219 e. The minimum atomic E-state index is 0. The van der Waals surface area contributed by atoms with Crippen molar-refractivity contribution in [3.8, 4) is 0 Å². The Morgan fingerprint density at radius 2 is 2.27 bits per heavy atom. The zero-order valence-electron chi connectivity index (χ0n) is 5.38. The Kier molecular flexibility index (Phi) is 1.91. The molecule has 0 unspecified atom stereocenters. The van der Waals surface area contributed by atoms with Gasteiger partial charge in [0.05, 0.1) is 0 Å². The molecule has 2 heterocycles. The largest absolute Gasteiger partial charge is 0.409 e. The zero-order chi connectivity index (χ0) is 6.97. The Morgan fingerprint density at radius 1 is 1.45 bits per heavy atom. The highest BCUT2D eigenvalue weighted by molar-refractivity contribution is 5.85. The van der Waals surface area contributed by atoms with Crippen LogP contribution in [0.1, 0.15) is 0 Å². The lowest BCUT2D eigenvalue weighted by Crippen LogP contribution is -1.92. The maximum atomic E-state index is 8.89. The Balaban J connectivity index is 0.000000605. The highest BCUT2D eigenvalue weighted by atomic mass is 35.5. The van der Waals surface area contributed by atoms with E-state index in [4.69, 9.17) is 5.21 Å². The number of hydrogen-bond donors (Lipinski definition) is 1. The summed E-state index contributed by atoms with van der Waals surface area (Å²) in [6.45, 7) is 0. The number of pyridine rings is 1. The van der Waals surface area contributed by atoms with E-state index in [0.717, 1.165) is 0 Å². The fourth-order valence-electron chi connectivity index (χ4n) is 0.754. The average Bonchev–Trinajstić information content (AvgIpc) is 2.34. The zero-order valence-corrected chi connectivity index (χ0v) is 6.19. The van der Waals surface area contributed by atoms with Crippen molar-refractivity contribution in [3.63, 3.8) is 0 Å². The van der Waals surface area contributed by atoms with E-state index in [0.29, 0.717) is 16.0 Å². The fraction of sp³-hybridized carbons (Fsp3) is 0. The molecule has 2 aromatic rings. The van der Waals surface area contributed by atoms with Gasteiger partial charge in [-0.05, 0) is 17.3 Å². The molecule has 5 nitrogen and oxygen atoms in total. The van der Waals surface area contributed by atoms with Gasteiger partial charge in [-0.3, -0.25) is 0 Å². The van der Waals surface area contributed by atoms with E-state index in [1.807, 2.05) is 0 Å². The van der Waals surface area contributed by atoms with E-state index in [2.05, 4.69) is 15.3 Å². The lowest BCUT2D eigenvalue weighted by atomic mass is 10.4. The van der Waals surface area contributed by atoms with Crippen LogP contribution in [0.4, 0.5) is 0 Å². The second-order valence-corrected chi connectivity index (χ2v) is 1.83. The monoisotopic (exact) mass is 172 g/mol. The van der Waals surface area contributed by atoms with Crippen LogP contribution in [0.3, 0.4) is 0 Å². The summed E-state index contributed by atoms with van der Waals surface area (Å²) >= 11 is 0. The molecule has 58 valence electrons. The summed E-state index contributed by atoms with van der Waals surface area (Å²) in [6.07, 6.45) is 1.57. The Hall–Kier alpha value is -1.36. The first-order chi connectivity index (χ1) is 4.88. The van der Waals surface area contributed by atoms with E-state index >= 15 is 0 Å². The topological polar surface area (TPSA) is 63.8 Å². The summed E-state index contributed by atoms with van der Waals surface area (Å²) in [5, 5.41) is 15.9. The first-order valence-electron chi connectivity index (χ1n) is 2.73. The number of nitrogens with zero attached hydrogens (tertiary/aromatic N) is 4. The summed E-state index contributed by atoms with van der Waals surface area (Å²) < 4.78 is 0.